The molecule has 264 valence electrons. The Morgan fingerprint density at radius 2 is 1.12 bits per heavy atom. The standard InChI is InChI=1S/C38H46O11/c1-7-9-29(39)19-25(3)20-37(43)48-32-17-13-27(22-34(32)45-5)11-15-30(40)24-31(41)16-12-28-14-18-33(35(23-28)46-6)49-38(44)21-26(4)47-36(42)10-8-2/h11-18,22-23,25-26H,7-10,19-21,24H2,1-6H3/b15-11+,16-12+/t25-,26+/m0/s1. The summed E-state index contributed by atoms with van der Waals surface area (Å²) in [5, 5.41) is 0. The van der Waals surface area contributed by atoms with Crippen LogP contribution in [-0.2, 0) is 33.5 Å². The van der Waals surface area contributed by atoms with E-state index in [-0.39, 0.29) is 66.4 Å². The third kappa shape index (κ3) is 15.1. The normalized spacial score (nSPS) is 12.3. The monoisotopic (exact) mass is 678 g/mol. The second-order valence-corrected chi connectivity index (χ2v) is 11.6. The molecule has 0 aromatic heterocycles. The van der Waals surface area contributed by atoms with Gasteiger partial charge in [-0.05, 0) is 73.2 Å². The predicted octanol–water partition coefficient (Wildman–Crippen LogP) is 6.68. The van der Waals surface area contributed by atoms with E-state index in [1.807, 2.05) is 20.8 Å². The summed E-state index contributed by atoms with van der Waals surface area (Å²) < 4.78 is 26.7. The zero-order chi connectivity index (χ0) is 36.3. The molecule has 0 N–H and O–H groups in total. The zero-order valence-corrected chi connectivity index (χ0v) is 29.1. The number of esters is 3. The van der Waals surface area contributed by atoms with Gasteiger partial charge >= 0.3 is 17.9 Å². The number of carbonyl (C=O) groups excluding carboxylic acids is 6. The lowest BCUT2D eigenvalue weighted by atomic mass is 9.99. The number of allylic oxidation sites excluding steroid dienone is 2. The molecule has 0 radical (unpaired) electrons. The maximum Gasteiger partial charge on any atom is 0.315 e. The summed E-state index contributed by atoms with van der Waals surface area (Å²) in [6.45, 7) is 7.22. The highest BCUT2D eigenvalue weighted by molar-refractivity contribution is 6.10. The maximum absolute atomic E-state index is 12.5. The summed E-state index contributed by atoms with van der Waals surface area (Å²) in [4.78, 5) is 73.2. The Balaban J connectivity index is 1.93. The van der Waals surface area contributed by atoms with E-state index < -0.39 is 29.6 Å². The van der Waals surface area contributed by atoms with Gasteiger partial charge in [-0.25, -0.2) is 0 Å². The van der Waals surface area contributed by atoms with E-state index in [1.165, 1.54) is 44.6 Å². The van der Waals surface area contributed by atoms with Gasteiger partial charge in [0.15, 0.2) is 34.6 Å². The molecule has 0 amide bonds. The SMILES string of the molecule is CCCC(=O)C[C@H](C)CC(=O)Oc1ccc(/C=C/C(=O)CC(=O)/C=C/c2ccc(OC(=O)C[C@@H](C)OC(=O)CCC)c(OC)c2)cc1OC. The number of rotatable bonds is 21. The van der Waals surface area contributed by atoms with Crippen molar-refractivity contribution < 1.29 is 52.5 Å². The minimum atomic E-state index is -0.641. The number of methoxy groups -OCH3 is 2. The first-order chi connectivity index (χ1) is 23.4. The number of benzene rings is 2. The predicted molar refractivity (Wildman–Crippen MR) is 183 cm³/mol. The fourth-order valence-corrected chi connectivity index (χ4v) is 4.63. The van der Waals surface area contributed by atoms with Gasteiger partial charge in [-0.1, -0.05) is 45.1 Å². The molecular weight excluding hydrogens is 632 g/mol. The van der Waals surface area contributed by atoms with Gasteiger partial charge in [-0.15, -0.1) is 0 Å². The van der Waals surface area contributed by atoms with Gasteiger partial charge in [0.1, 0.15) is 11.9 Å². The molecule has 0 aliphatic heterocycles. The minimum Gasteiger partial charge on any atom is -0.493 e. The number of carbonyl (C=O) groups is 6. The van der Waals surface area contributed by atoms with Crippen LogP contribution in [0.4, 0.5) is 0 Å². The third-order valence-corrected chi connectivity index (χ3v) is 6.96. The summed E-state index contributed by atoms with van der Waals surface area (Å²) >= 11 is 0. The largest absolute Gasteiger partial charge is 0.493 e. The Morgan fingerprint density at radius 3 is 1.59 bits per heavy atom. The zero-order valence-electron chi connectivity index (χ0n) is 29.1. The Labute approximate surface area is 287 Å². The molecule has 2 aromatic rings. The summed E-state index contributed by atoms with van der Waals surface area (Å²) in [6.07, 6.45) is 7.02. The molecule has 0 spiro atoms. The second kappa shape index (κ2) is 21.0. The van der Waals surface area contributed by atoms with E-state index in [4.69, 9.17) is 23.7 Å². The molecule has 11 heteroatoms. The lowest BCUT2D eigenvalue weighted by molar-refractivity contribution is -0.151. The Kier molecular flexibility index (Phi) is 17.2. The van der Waals surface area contributed by atoms with Gasteiger partial charge in [0, 0.05) is 25.7 Å². The van der Waals surface area contributed by atoms with Crippen LogP contribution in [-0.4, -0.2) is 55.6 Å². The van der Waals surface area contributed by atoms with Crippen LogP contribution in [0.3, 0.4) is 0 Å². The van der Waals surface area contributed by atoms with Crippen molar-refractivity contribution in [1.29, 1.82) is 0 Å². The van der Waals surface area contributed by atoms with Crippen molar-refractivity contribution in [1.82, 2.24) is 0 Å². The molecule has 0 bridgehead atoms. The van der Waals surface area contributed by atoms with Crippen molar-refractivity contribution in [3.05, 3.63) is 59.7 Å². The topological polar surface area (TPSA) is 149 Å². The quantitative estimate of drug-likeness (QED) is 0.0603. The van der Waals surface area contributed by atoms with Crippen LogP contribution in [0.1, 0.15) is 90.2 Å². The molecule has 49 heavy (non-hydrogen) atoms. The van der Waals surface area contributed by atoms with Crippen LogP contribution in [0.2, 0.25) is 0 Å². The number of Topliss-reactive ketones (excluding diaryl/α,β-unsaturated/α-hetero) is 1. The smallest absolute Gasteiger partial charge is 0.315 e. The molecule has 2 atom stereocenters. The lowest BCUT2D eigenvalue weighted by Crippen LogP contribution is -2.21. The molecule has 0 aliphatic rings. The van der Waals surface area contributed by atoms with Crippen LogP contribution in [0, 0.1) is 5.92 Å². The summed E-state index contributed by atoms with van der Waals surface area (Å²) in [5.41, 5.74) is 1.16. The Hall–Kier alpha value is -5.06. The van der Waals surface area contributed by atoms with Crippen LogP contribution in [0.5, 0.6) is 23.0 Å². The molecule has 11 nitrogen and oxygen atoms in total. The highest BCUT2D eigenvalue weighted by Gasteiger charge is 2.18. The number of hydrogen-bond donors (Lipinski definition) is 0. The van der Waals surface area contributed by atoms with Gasteiger partial charge in [-0.3, -0.25) is 28.8 Å². The van der Waals surface area contributed by atoms with Gasteiger partial charge in [-0.2, -0.15) is 0 Å². The fourth-order valence-electron chi connectivity index (χ4n) is 4.63. The van der Waals surface area contributed by atoms with Crippen LogP contribution in [0.25, 0.3) is 12.2 Å². The van der Waals surface area contributed by atoms with Crippen LogP contribution >= 0.6 is 0 Å². The average molecular weight is 679 g/mol. The Morgan fingerprint density at radius 1 is 0.633 bits per heavy atom. The average Bonchev–Trinajstić information content (AvgIpc) is 3.03. The lowest BCUT2D eigenvalue weighted by Gasteiger charge is -2.14. The van der Waals surface area contributed by atoms with Crippen molar-refractivity contribution in [3.63, 3.8) is 0 Å². The molecule has 0 aliphatic carbocycles. The summed E-state index contributed by atoms with van der Waals surface area (Å²) in [5.74, 6) is -1.43. The summed E-state index contributed by atoms with van der Waals surface area (Å²) in [7, 11) is 2.83. The molecule has 0 unspecified atom stereocenters. The number of hydrogen-bond acceptors (Lipinski definition) is 11. The van der Waals surface area contributed by atoms with Gasteiger partial charge < -0.3 is 23.7 Å². The first kappa shape index (κ1) is 40.1. The van der Waals surface area contributed by atoms with Crippen molar-refractivity contribution in [2.75, 3.05) is 14.2 Å². The highest BCUT2D eigenvalue weighted by atomic mass is 16.6. The van der Waals surface area contributed by atoms with Crippen molar-refractivity contribution in [2.45, 2.75) is 85.2 Å². The Bertz CT molecular complexity index is 1420. The minimum absolute atomic E-state index is 0.0885. The first-order valence-electron chi connectivity index (χ1n) is 16.3. The van der Waals surface area contributed by atoms with E-state index in [0.29, 0.717) is 30.4 Å². The van der Waals surface area contributed by atoms with Gasteiger partial charge in [0.2, 0.25) is 0 Å². The number of ketones is 3. The van der Waals surface area contributed by atoms with Gasteiger partial charge in [0.05, 0.1) is 27.1 Å². The first-order valence-corrected chi connectivity index (χ1v) is 16.3. The second-order valence-electron chi connectivity index (χ2n) is 11.6. The van der Waals surface area contributed by atoms with Crippen molar-refractivity contribution in [2.24, 2.45) is 5.92 Å². The third-order valence-electron chi connectivity index (χ3n) is 6.96. The molecule has 2 aromatic carbocycles. The molecule has 0 saturated heterocycles. The van der Waals surface area contributed by atoms with Crippen molar-refractivity contribution in [3.8, 4) is 23.0 Å². The molecule has 0 heterocycles. The van der Waals surface area contributed by atoms with E-state index in [0.717, 1.165) is 6.42 Å². The van der Waals surface area contributed by atoms with Crippen molar-refractivity contribution >= 4 is 47.4 Å². The molecule has 2 rings (SSSR count). The van der Waals surface area contributed by atoms with Crippen LogP contribution in [0.15, 0.2) is 48.6 Å². The highest BCUT2D eigenvalue weighted by Crippen LogP contribution is 2.30. The van der Waals surface area contributed by atoms with E-state index in [9.17, 15) is 28.8 Å². The van der Waals surface area contributed by atoms with E-state index in [2.05, 4.69) is 0 Å². The van der Waals surface area contributed by atoms with Gasteiger partial charge in [0.25, 0.3) is 0 Å². The van der Waals surface area contributed by atoms with E-state index >= 15 is 0 Å². The summed E-state index contributed by atoms with van der Waals surface area (Å²) in [6, 6.07) is 9.49. The fraction of sp³-hybridized carbons (Fsp3) is 0.421. The molecule has 0 fully saturated rings. The molecule has 0 saturated carbocycles. The van der Waals surface area contributed by atoms with E-state index in [1.54, 1.807) is 37.3 Å². The van der Waals surface area contributed by atoms with Crippen LogP contribution < -0.4 is 18.9 Å². The number of ether oxygens (including phenoxy) is 5. The molecular formula is C38H46O11. The maximum atomic E-state index is 12.5.